The van der Waals surface area contributed by atoms with E-state index in [9.17, 15) is 4.79 Å². The summed E-state index contributed by atoms with van der Waals surface area (Å²) in [6.45, 7) is 11.9. The van der Waals surface area contributed by atoms with Crippen molar-refractivity contribution < 1.29 is 4.79 Å². The number of fused-ring (bicyclic) bond motifs is 1. The van der Waals surface area contributed by atoms with E-state index >= 15 is 0 Å². The molecule has 1 fully saturated rings. The third kappa shape index (κ3) is 3.50. The van der Waals surface area contributed by atoms with E-state index in [1.807, 2.05) is 36.4 Å². The van der Waals surface area contributed by atoms with Gasteiger partial charge < -0.3 is 4.90 Å². The zero-order chi connectivity index (χ0) is 21.6. The van der Waals surface area contributed by atoms with Crippen LogP contribution in [-0.2, 0) is 4.79 Å². The highest BCUT2D eigenvalue weighted by Gasteiger charge is 2.34. The van der Waals surface area contributed by atoms with Crippen LogP contribution in [0.1, 0.15) is 44.4 Å². The molecule has 0 aromatic heterocycles. The van der Waals surface area contributed by atoms with E-state index in [1.54, 1.807) is 4.90 Å². The summed E-state index contributed by atoms with van der Waals surface area (Å²) in [5.41, 5.74) is 6.77. The Kier molecular flexibility index (Phi) is 5.37. The molecule has 30 heavy (non-hydrogen) atoms. The average Bonchev–Trinajstić information content (AvgIpc) is 2.96. The molecular formula is C25H26N2OS2. The molecule has 2 aliphatic heterocycles. The molecule has 0 bridgehead atoms. The molecule has 1 amide bonds. The maximum atomic E-state index is 13.1. The largest absolute Gasteiger partial charge is 0.363 e. The Morgan fingerprint density at radius 1 is 1.13 bits per heavy atom. The van der Waals surface area contributed by atoms with Crippen LogP contribution in [0, 0.1) is 6.92 Å². The van der Waals surface area contributed by atoms with Gasteiger partial charge in [-0.1, -0.05) is 48.3 Å². The van der Waals surface area contributed by atoms with Gasteiger partial charge in [-0.2, -0.15) is 0 Å². The maximum absolute atomic E-state index is 13.1. The molecule has 0 saturated carbocycles. The number of thioether (sulfide) groups is 1. The molecule has 4 rings (SSSR count). The number of amides is 1. The highest BCUT2D eigenvalue weighted by atomic mass is 32.2. The van der Waals surface area contributed by atoms with Crippen LogP contribution in [0.15, 0.2) is 53.4 Å². The van der Waals surface area contributed by atoms with Gasteiger partial charge in [0, 0.05) is 17.8 Å². The third-order valence-corrected chi connectivity index (χ3v) is 7.08. The summed E-state index contributed by atoms with van der Waals surface area (Å²) in [6, 6.07) is 14.1. The van der Waals surface area contributed by atoms with Crippen molar-refractivity contribution in [2.24, 2.45) is 0 Å². The monoisotopic (exact) mass is 434 g/mol. The van der Waals surface area contributed by atoms with Crippen molar-refractivity contribution in [2.75, 3.05) is 16.3 Å². The summed E-state index contributed by atoms with van der Waals surface area (Å²) in [4.78, 5) is 17.8. The first-order chi connectivity index (χ1) is 14.2. The molecule has 3 nitrogen and oxygen atoms in total. The van der Waals surface area contributed by atoms with E-state index in [0.29, 0.717) is 9.23 Å². The number of thiocarbonyl (C=S) groups is 1. The Morgan fingerprint density at radius 2 is 1.83 bits per heavy atom. The first-order valence-corrected chi connectivity index (χ1v) is 11.4. The fraction of sp³-hybridized carbons (Fsp3) is 0.280. The van der Waals surface area contributed by atoms with Gasteiger partial charge in [-0.05, 0) is 81.7 Å². The zero-order valence-electron chi connectivity index (χ0n) is 18.0. The molecule has 1 saturated heterocycles. The quantitative estimate of drug-likeness (QED) is 0.411. The van der Waals surface area contributed by atoms with E-state index in [2.05, 4.69) is 57.7 Å². The van der Waals surface area contributed by atoms with Gasteiger partial charge in [0.05, 0.1) is 16.1 Å². The predicted molar refractivity (Wildman–Crippen MR) is 134 cm³/mol. The molecule has 5 heteroatoms. The second-order valence-electron chi connectivity index (χ2n) is 8.30. The molecule has 2 heterocycles. The first kappa shape index (κ1) is 20.9. The highest BCUT2D eigenvalue weighted by Crippen LogP contribution is 2.42. The van der Waals surface area contributed by atoms with E-state index in [-0.39, 0.29) is 11.4 Å². The lowest BCUT2D eigenvalue weighted by molar-refractivity contribution is -0.113. The minimum atomic E-state index is -0.0584. The van der Waals surface area contributed by atoms with Gasteiger partial charge in [0.2, 0.25) is 0 Å². The van der Waals surface area contributed by atoms with Gasteiger partial charge in [0.25, 0.3) is 5.91 Å². The molecule has 0 spiro atoms. The van der Waals surface area contributed by atoms with Crippen LogP contribution in [-0.4, -0.2) is 22.3 Å². The van der Waals surface area contributed by atoms with Gasteiger partial charge >= 0.3 is 0 Å². The molecule has 0 atom stereocenters. The summed E-state index contributed by atoms with van der Waals surface area (Å²) >= 11 is 6.88. The van der Waals surface area contributed by atoms with Crippen molar-refractivity contribution in [1.82, 2.24) is 0 Å². The summed E-state index contributed by atoms with van der Waals surface area (Å²) in [5, 5.41) is 0. The normalized spacial score (nSPS) is 19.4. The van der Waals surface area contributed by atoms with Crippen LogP contribution in [0.2, 0.25) is 0 Å². The van der Waals surface area contributed by atoms with Crippen molar-refractivity contribution >= 4 is 57.2 Å². The topological polar surface area (TPSA) is 23.6 Å². The molecule has 0 aliphatic carbocycles. The summed E-state index contributed by atoms with van der Waals surface area (Å²) in [5.74, 6) is -0.0584. The summed E-state index contributed by atoms with van der Waals surface area (Å²) in [6.07, 6.45) is 4.31. The number of nitrogens with zero attached hydrogens (tertiary/aromatic N) is 2. The number of rotatable bonds is 3. The molecule has 154 valence electrons. The lowest BCUT2D eigenvalue weighted by Gasteiger charge is -2.43. The average molecular weight is 435 g/mol. The molecule has 2 aromatic carbocycles. The molecule has 2 aliphatic rings. The molecule has 0 unspecified atom stereocenters. The van der Waals surface area contributed by atoms with E-state index < -0.39 is 0 Å². The van der Waals surface area contributed by atoms with E-state index in [4.69, 9.17) is 12.2 Å². The Labute approximate surface area is 188 Å². The van der Waals surface area contributed by atoms with Crippen LogP contribution in [0.25, 0.3) is 11.6 Å². The van der Waals surface area contributed by atoms with Gasteiger partial charge in [0.1, 0.15) is 0 Å². The van der Waals surface area contributed by atoms with Crippen LogP contribution in [0.5, 0.6) is 0 Å². The standard InChI is InChI=1S/C25H26N2OS2/c1-6-26-21-12-16(2)18(13-20(21)17(3)15-25(26,4)5)14-22-23(28)27(24(29)30-22)19-10-8-7-9-11-19/h7-15H,6H2,1-5H3/b22-14+. The molecule has 0 N–H and O–H groups in total. The maximum Gasteiger partial charge on any atom is 0.270 e. The van der Waals surface area contributed by atoms with Crippen molar-refractivity contribution in [2.45, 2.75) is 40.2 Å². The van der Waals surface area contributed by atoms with Crippen LogP contribution >= 0.6 is 24.0 Å². The van der Waals surface area contributed by atoms with Gasteiger partial charge in [-0.25, -0.2) is 0 Å². The molecule has 2 aromatic rings. The van der Waals surface area contributed by atoms with E-state index in [0.717, 1.165) is 23.4 Å². The fourth-order valence-electron chi connectivity index (χ4n) is 4.39. The van der Waals surface area contributed by atoms with Crippen molar-refractivity contribution in [3.05, 3.63) is 70.1 Å². The Bertz CT molecular complexity index is 1100. The lowest BCUT2D eigenvalue weighted by atomic mass is 9.87. The summed E-state index contributed by atoms with van der Waals surface area (Å²) < 4.78 is 0.572. The molecular weight excluding hydrogens is 408 g/mol. The molecule has 0 radical (unpaired) electrons. The number of carbonyl (C=O) groups excluding carboxylic acids is 1. The predicted octanol–water partition coefficient (Wildman–Crippen LogP) is 6.42. The Morgan fingerprint density at radius 3 is 2.50 bits per heavy atom. The summed E-state index contributed by atoms with van der Waals surface area (Å²) in [7, 11) is 0. The number of aryl methyl sites for hydroxylation is 1. The lowest BCUT2D eigenvalue weighted by Crippen LogP contribution is -2.44. The van der Waals surface area contributed by atoms with Crippen LogP contribution in [0.3, 0.4) is 0 Å². The Balaban J connectivity index is 1.75. The number of hydrogen-bond acceptors (Lipinski definition) is 4. The fourth-order valence-corrected chi connectivity index (χ4v) is 5.68. The number of hydrogen-bond donors (Lipinski definition) is 0. The minimum Gasteiger partial charge on any atom is -0.363 e. The number of benzene rings is 2. The second-order valence-corrected chi connectivity index (χ2v) is 9.98. The smallest absolute Gasteiger partial charge is 0.270 e. The van der Waals surface area contributed by atoms with Crippen LogP contribution < -0.4 is 9.80 Å². The number of likely N-dealkylation sites (N-methyl/N-ethyl adjacent to an activating group) is 1. The van der Waals surface area contributed by atoms with Gasteiger partial charge in [-0.3, -0.25) is 9.69 Å². The number of para-hydroxylation sites is 1. The zero-order valence-corrected chi connectivity index (χ0v) is 19.7. The van der Waals surface area contributed by atoms with E-state index in [1.165, 1.54) is 28.6 Å². The van der Waals surface area contributed by atoms with Crippen molar-refractivity contribution in [3.63, 3.8) is 0 Å². The van der Waals surface area contributed by atoms with Crippen molar-refractivity contribution in [1.29, 1.82) is 0 Å². The minimum absolute atomic E-state index is 0.0160. The van der Waals surface area contributed by atoms with Crippen LogP contribution in [0.4, 0.5) is 11.4 Å². The third-order valence-electron chi connectivity index (χ3n) is 5.78. The highest BCUT2D eigenvalue weighted by molar-refractivity contribution is 8.27. The number of anilines is 2. The SMILES string of the molecule is CCN1c2cc(C)c(/C=C3/SC(=S)N(c4ccccc4)C3=O)cc2C(C)=CC1(C)C. The first-order valence-electron chi connectivity index (χ1n) is 10.2. The number of carbonyl (C=O) groups is 1. The Hall–Kier alpha value is -2.37. The second kappa shape index (κ2) is 7.71. The number of allylic oxidation sites excluding steroid dienone is 1. The van der Waals surface area contributed by atoms with Gasteiger partial charge in [-0.15, -0.1) is 0 Å². The van der Waals surface area contributed by atoms with Crippen molar-refractivity contribution in [3.8, 4) is 0 Å². The van der Waals surface area contributed by atoms with Gasteiger partial charge in [0.15, 0.2) is 4.32 Å².